The second-order valence-corrected chi connectivity index (χ2v) is 9.00. The van der Waals surface area contributed by atoms with Crippen molar-refractivity contribution >= 4 is 17.4 Å². The van der Waals surface area contributed by atoms with E-state index in [2.05, 4.69) is 20.3 Å². The van der Waals surface area contributed by atoms with E-state index < -0.39 is 6.10 Å². The van der Waals surface area contributed by atoms with Crippen LogP contribution in [0.2, 0.25) is 0 Å². The highest BCUT2D eigenvalue weighted by Gasteiger charge is 2.33. The van der Waals surface area contributed by atoms with Gasteiger partial charge in [0.25, 0.3) is 5.91 Å². The second kappa shape index (κ2) is 8.59. The monoisotopic (exact) mass is 477 g/mol. The number of ether oxygens (including phenoxy) is 2. The molecule has 182 valence electrons. The Morgan fingerprint density at radius 2 is 2.14 bits per heavy atom. The third-order valence-electron chi connectivity index (χ3n) is 7.06. The molecule has 1 aliphatic carbocycles. The lowest BCUT2D eigenvalue weighted by Gasteiger charge is -2.32. The van der Waals surface area contributed by atoms with Crippen molar-refractivity contribution in [3.05, 3.63) is 42.4 Å². The number of methoxy groups -OCH3 is 1. The van der Waals surface area contributed by atoms with Gasteiger partial charge in [0.1, 0.15) is 23.3 Å². The normalized spacial score (nSPS) is 24.1. The molecular formula is C24H27N7O4. The number of carbonyl (C=O) groups is 1. The maximum Gasteiger partial charge on any atom is 0.257 e. The Bertz CT molecular complexity index is 1370. The molecule has 0 radical (unpaired) electrons. The lowest BCUT2D eigenvalue weighted by atomic mass is 9.89. The van der Waals surface area contributed by atoms with Crippen molar-refractivity contribution in [1.29, 1.82) is 0 Å². The molecular weight excluding hydrogens is 450 g/mol. The summed E-state index contributed by atoms with van der Waals surface area (Å²) in [6.07, 6.45) is 6.21. The van der Waals surface area contributed by atoms with Gasteiger partial charge in [-0.15, -0.1) is 0 Å². The zero-order valence-corrected chi connectivity index (χ0v) is 19.5. The molecule has 3 aliphatic heterocycles. The van der Waals surface area contributed by atoms with Gasteiger partial charge in [0.15, 0.2) is 5.65 Å². The van der Waals surface area contributed by atoms with Gasteiger partial charge in [0, 0.05) is 43.7 Å². The number of hydrogen-bond acceptors (Lipinski definition) is 8. The topological polar surface area (TPSA) is 128 Å². The molecule has 2 aromatic rings. The third kappa shape index (κ3) is 3.54. The predicted molar refractivity (Wildman–Crippen MR) is 128 cm³/mol. The van der Waals surface area contributed by atoms with Crippen molar-refractivity contribution in [2.75, 3.05) is 32.7 Å². The number of carbonyl (C=O) groups excluding carboxylic acids is 1. The van der Waals surface area contributed by atoms with Gasteiger partial charge in [-0.05, 0) is 25.0 Å². The maximum atomic E-state index is 13.0. The minimum Gasteiger partial charge on any atom is -0.391 e. The number of pyridine rings is 1. The molecule has 0 spiro atoms. The summed E-state index contributed by atoms with van der Waals surface area (Å²) in [6, 6.07) is 5.68. The first-order chi connectivity index (χ1) is 17.1. The summed E-state index contributed by atoms with van der Waals surface area (Å²) in [7, 11) is 3.49. The Morgan fingerprint density at radius 1 is 1.26 bits per heavy atom. The highest BCUT2D eigenvalue weighted by Crippen LogP contribution is 2.36. The number of hydrogen-bond donors (Lipinski definition) is 3. The van der Waals surface area contributed by atoms with Crippen molar-refractivity contribution in [2.45, 2.75) is 37.1 Å². The second-order valence-electron chi connectivity index (χ2n) is 9.00. The third-order valence-corrected chi connectivity index (χ3v) is 7.06. The van der Waals surface area contributed by atoms with Crippen LogP contribution in [0.5, 0.6) is 0 Å². The molecule has 11 nitrogen and oxygen atoms in total. The number of anilines is 1. The summed E-state index contributed by atoms with van der Waals surface area (Å²) < 4.78 is 15.0. The Balaban J connectivity index is 1.40. The number of aliphatic hydroxyl groups excluding tert-OH is 1. The van der Waals surface area contributed by atoms with E-state index in [1.807, 2.05) is 24.4 Å². The highest BCUT2D eigenvalue weighted by atomic mass is 16.5. The molecule has 11 heteroatoms. The minimum absolute atomic E-state index is 0.0294. The van der Waals surface area contributed by atoms with Gasteiger partial charge >= 0.3 is 0 Å². The smallest absolute Gasteiger partial charge is 0.257 e. The van der Waals surface area contributed by atoms with Crippen LogP contribution in [0.25, 0.3) is 28.3 Å². The van der Waals surface area contributed by atoms with Crippen molar-refractivity contribution in [2.24, 2.45) is 0 Å². The quantitative estimate of drug-likeness (QED) is 0.382. The standard InChI is InChI=1S/C24H27N7O4/c1-25-21-8-17(28-23-15(10-27-31(21)23)24(33)29-16-5-6-19(16)32)14-9-26-22-13(14)4-3-7-30(22)18-11-35-12-20(18)34-2/h3-4,7-10,16,18-20,25,32H,5-6,11-12H2,1-2H3,(H,29,33)/t16?,18-,19-,20-/m1/s1. The summed E-state index contributed by atoms with van der Waals surface area (Å²) in [5.74, 6) is 1.21. The molecule has 0 aromatic carbocycles. The zero-order chi connectivity index (χ0) is 24.1. The molecule has 2 aromatic heterocycles. The number of amides is 1. The molecule has 4 aliphatic rings. The van der Waals surface area contributed by atoms with E-state index in [9.17, 15) is 9.90 Å². The summed E-state index contributed by atoms with van der Waals surface area (Å²) in [4.78, 5) is 22.5. The van der Waals surface area contributed by atoms with Crippen molar-refractivity contribution in [3.63, 3.8) is 0 Å². The van der Waals surface area contributed by atoms with Crippen LogP contribution in [-0.4, -0.2) is 80.8 Å². The molecule has 6 rings (SSSR count). The van der Waals surface area contributed by atoms with Crippen molar-refractivity contribution < 1.29 is 19.4 Å². The molecule has 3 N–H and O–H groups in total. The highest BCUT2D eigenvalue weighted by molar-refractivity contribution is 6.00. The van der Waals surface area contributed by atoms with Gasteiger partial charge in [-0.1, -0.05) is 0 Å². The van der Waals surface area contributed by atoms with Gasteiger partial charge in [-0.3, -0.25) is 4.79 Å². The molecule has 0 bridgehead atoms. The number of aromatic nitrogens is 5. The molecule has 1 saturated carbocycles. The Morgan fingerprint density at radius 3 is 2.89 bits per heavy atom. The lowest BCUT2D eigenvalue weighted by molar-refractivity contribution is 0.0448. The van der Waals surface area contributed by atoms with Crippen LogP contribution in [0, 0.1) is 0 Å². The first-order valence-electron chi connectivity index (χ1n) is 11.7. The van der Waals surface area contributed by atoms with Crippen LogP contribution < -0.4 is 10.6 Å². The summed E-state index contributed by atoms with van der Waals surface area (Å²) in [6.45, 7) is 1.11. The van der Waals surface area contributed by atoms with E-state index in [4.69, 9.17) is 19.4 Å². The molecule has 1 amide bonds. The van der Waals surface area contributed by atoms with Gasteiger partial charge in [0.2, 0.25) is 0 Å². The van der Waals surface area contributed by atoms with Crippen LogP contribution in [0.1, 0.15) is 29.2 Å². The Labute approximate surface area is 201 Å². The molecule has 4 atom stereocenters. The number of nitrogens with one attached hydrogen (secondary N) is 2. The minimum atomic E-state index is -0.506. The first kappa shape index (κ1) is 22.0. The summed E-state index contributed by atoms with van der Waals surface area (Å²) in [5, 5.41) is 20.3. The van der Waals surface area contributed by atoms with Crippen LogP contribution >= 0.6 is 0 Å². The van der Waals surface area contributed by atoms with Gasteiger partial charge in [-0.25, -0.2) is 9.97 Å². The average molecular weight is 478 g/mol. The van der Waals surface area contributed by atoms with E-state index in [1.165, 1.54) is 6.20 Å². The van der Waals surface area contributed by atoms with Crippen molar-refractivity contribution in [3.8, 4) is 22.6 Å². The fraction of sp³-hybridized carbons (Fsp3) is 0.417. The number of aliphatic hydroxyl groups is 1. The van der Waals surface area contributed by atoms with Gasteiger partial charge in [0.05, 0.1) is 43.3 Å². The first-order valence-corrected chi connectivity index (χ1v) is 11.7. The van der Waals surface area contributed by atoms with E-state index >= 15 is 0 Å². The van der Waals surface area contributed by atoms with Crippen molar-refractivity contribution in [1.82, 2.24) is 29.5 Å². The fourth-order valence-electron chi connectivity index (χ4n) is 4.87. The molecule has 1 saturated heterocycles. The number of rotatable bonds is 6. The Hall–Kier alpha value is -3.54. The molecule has 1 unspecified atom stereocenters. The molecule has 35 heavy (non-hydrogen) atoms. The van der Waals surface area contributed by atoms with E-state index in [-0.39, 0.29) is 24.1 Å². The lowest BCUT2D eigenvalue weighted by Crippen LogP contribution is -2.50. The van der Waals surface area contributed by atoms with E-state index in [0.29, 0.717) is 42.4 Å². The largest absolute Gasteiger partial charge is 0.391 e. The molecule has 5 heterocycles. The van der Waals surface area contributed by atoms with Crippen LogP contribution in [0.15, 0.2) is 36.8 Å². The molecule has 2 fully saturated rings. The van der Waals surface area contributed by atoms with Gasteiger partial charge in [-0.2, -0.15) is 9.61 Å². The summed E-state index contributed by atoms with van der Waals surface area (Å²) in [5.41, 5.74) is 3.25. The zero-order valence-electron chi connectivity index (χ0n) is 19.5. The number of nitrogens with zero attached hydrogens (tertiary/aromatic N) is 5. The van der Waals surface area contributed by atoms with Crippen LogP contribution in [-0.2, 0) is 9.47 Å². The predicted octanol–water partition coefficient (Wildman–Crippen LogP) is 1.58. The SMILES string of the molecule is CNc1cc(-c2cnc3n([C@@H]4COC[C@H]4OC)cccc2-3)nc2c(C(=O)NC3CC[C@H]3O)cnn12. The maximum absolute atomic E-state index is 13.0. The summed E-state index contributed by atoms with van der Waals surface area (Å²) >= 11 is 0. The van der Waals surface area contributed by atoms with Gasteiger partial charge < -0.3 is 29.8 Å². The Kier molecular flexibility index (Phi) is 5.39. The van der Waals surface area contributed by atoms with E-state index in [1.54, 1.807) is 24.9 Å². The average Bonchev–Trinajstić information content (AvgIpc) is 3.63. The van der Waals surface area contributed by atoms with Crippen LogP contribution in [0.4, 0.5) is 5.82 Å². The number of fused-ring (bicyclic) bond motifs is 2. The van der Waals surface area contributed by atoms with E-state index in [0.717, 1.165) is 23.4 Å². The fourth-order valence-corrected chi connectivity index (χ4v) is 4.87. The van der Waals surface area contributed by atoms with Crippen LogP contribution in [0.3, 0.4) is 0 Å².